The minimum absolute atomic E-state index is 0.0289. The summed E-state index contributed by atoms with van der Waals surface area (Å²) in [4.78, 5) is 10.8. The maximum Gasteiger partial charge on any atom is 0.358 e. The van der Waals surface area contributed by atoms with Crippen molar-refractivity contribution >= 4 is 5.97 Å². The number of nitrogens with zero attached hydrogens (tertiary/aromatic N) is 1. The van der Waals surface area contributed by atoms with E-state index in [1.54, 1.807) is 13.0 Å². The molecule has 0 saturated heterocycles. The Labute approximate surface area is 109 Å². The number of halogens is 1. The van der Waals surface area contributed by atoms with E-state index in [0.717, 1.165) is 0 Å². The standard InChI is InChI=1S/C14H14FNO3/c1-7(2)9-5-10(8(3)4-11(9)15)13-6-12(14(17)18)16-19-13/h4-7H,1-3H3,(H,17,18). The third-order valence-corrected chi connectivity index (χ3v) is 2.96. The second-order valence-electron chi connectivity index (χ2n) is 4.72. The number of hydrogen-bond acceptors (Lipinski definition) is 3. The van der Waals surface area contributed by atoms with E-state index in [0.29, 0.717) is 22.5 Å². The lowest BCUT2D eigenvalue weighted by molar-refractivity contribution is 0.0686. The monoisotopic (exact) mass is 263 g/mol. The molecule has 100 valence electrons. The third kappa shape index (κ3) is 2.50. The first kappa shape index (κ1) is 13.3. The van der Waals surface area contributed by atoms with Gasteiger partial charge < -0.3 is 9.63 Å². The number of aromatic carboxylic acids is 1. The summed E-state index contributed by atoms with van der Waals surface area (Å²) in [7, 11) is 0. The summed E-state index contributed by atoms with van der Waals surface area (Å²) in [5.41, 5.74) is 1.73. The van der Waals surface area contributed by atoms with Crippen molar-refractivity contribution in [1.82, 2.24) is 5.16 Å². The molecule has 0 fully saturated rings. The second kappa shape index (κ2) is 4.84. The summed E-state index contributed by atoms with van der Waals surface area (Å²) in [6.07, 6.45) is 0. The molecule has 2 aromatic rings. The summed E-state index contributed by atoms with van der Waals surface area (Å²) in [5, 5.41) is 12.3. The first-order valence-corrected chi connectivity index (χ1v) is 5.90. The highest BCUT2D eigenvalue weighted by atomic mass is 19.1. The molecule has 5 heteroatoms. The molecular weight excluding hydrogens is 249 g/mol. The number of carbonyl (C=O) groups is 1. The average molecular weight is 263 g/mol. The molecule has 0 unspecified atom stereocenters. The van der Waals surface area contributed by atoms with Gasteiger partial charge in [0.15, 0.2) is 11.5 Å². The zero-order chi connectivity index (χ0) is 14.2. The van der Waals surface area contributed by atoms with Crippen LogP contribution in [0.2, 0.25) is 0 Å². The van der Waals surface area contributed by atoms with Crippen molar-refractivity contribution in [3.05, 3.63) is 40.8 Å². The number of carboxylic acids is 1. The zero-order valence-corrected chi connectivity index (χ0v) is 10.9. The van der Waals surface area contributed by atoms with Gasteiger partial charge in [-0.2, -0.15) is 0 Å². The van der Waals surface area contributed by atoms with Crippen molar-refractivity contribution in [3.8, 4) is 11.3 Å². The van der Waals surface area contributed by atoms with Gasteiger partial charge >= 0.3 is 5.97 Å². The molecule has 2 rings (SSSR count). The van der Waals surface area contributed by atoms with Crippen LogP contribution in [0.25, 0.3) is 11.3 Å². The minimum atomic E-state index is -1.15. The van der Waals surface area contributed by atoms with Crippen LogP contribution in [-0.4, -0.2) is 16.2 Å². The first-order valence-electron chi connectivity index (χ1n) is 5.90. The van der Waals surface area contributed by atoms with Crippen molar-refractivity contribution in [2.75, 3.05) is 0 Å². The van der Waals surface area contributed by atoms with E-state index in [9.17, 15) is 9.18 Å². The number of benzene rings is 1. The van der Waals surface area contributed by atoms with Crippen LogP contribution in [-0.2, 0) is 0 Å². The van der Waals surface area contributed by atoms with Crippen molar-refractivity contribution in [2.45, 2.75) is 26.7 Å². The molecule has 0 bridgehead atoms. The molecule has 0 aliphatic heterocycles. The predicted octanol–water partition coefficient (Wildman–Crippen LogP) is 3.61. The summed E-state index contributed by atoms with van der Waals surface area (Å²) < 4.78 is 18.8. The van der Waals surface area contributed by atoms with E-state index >= 15 is 0 Å². The molecule has 0 radical (unpaired) electrons. The fourth-order valence-electron chi connectivity index (χ4n) is 1.90. The fourth-order valence-corrected chi connectivity index (χ4v) is 1.90. The Morgan fingerprint density at radius 2 is 2.05 bits per heavy atom. The fraction of sp³-hybridized carbons (Fsp3) is 0.286. The predicted molar refractivity (Wildman–Crippen MR) is 67.7 cm³/mol. The van der Waals surface area contributed by atoms with Crippen LogP contribution in [0, 0.1) is 12.7 Å². The Balaban J connectivity index is 2.54. The van der Waals surface area contributed by atoms with Crippen molar-refractivity contribution < 1.29 is 18.8 Å². The summed E-state index contributed by atoms with van der Waals surface area (Å²) in [6.45, 7) is 5.52. The maximum atomic E-state index is 13.8. The third-order valence-electron chi connectivity index (χ3n) is 2.96. The number of carboxylic acid groups (broad SMARTS) is 1. The van der Waals surface area contributed by atoms with Gasteiger partial charge in [0.05, 0.1) is 0 Å². The van der Waals surface area contributed by atoms with E-state index in [1.165, 1.54) is 12.1 Å². The first-order chi connectivity index (χ1) is 8.90. The van der Waals surface area contributed by atoms with E-state index in [4.69, 9.17) is 9.63 Å². The largest absolute Gasteiger partial charge is 0.476 e. The molecule has 0 aliphatic rings. The van der Waals surface area contributed by atoms with Gasteiger partial charge in [0.2, 0.25) is 0 Å². The Morgan fingerprint density at radius 1 is 1.37 bits per heavy atom. The van der Waals surface area contributed by atoms with Crippen molar-refractivity contribution in [1.29, 1.82) is 0 Å². The molecular formula is C14H14FNO3. The number of hydrogen-bond donors (Lipinski definition) is 1. The molecule has 0 atom stereocenters. The van der Waals surface area contributed by atoms with Gasteiger partial charge in [0, 0.05) is 11.6 Å². The van der Waals surface area contributed by atoms with E-state index < -0.39 is 5.97 Å². The van der Waals surface area contributed by atoms with Gasteiger partial charge in [0.1, 0.15) is 5.82 Å². The minimum Gasteiger partial charge on any atom is -0.476 e. The average Bonchev–Trinajstić information content (AvgIpc) is 2.77. The highest BCUT2D eigenvalue weighted by molar-refractivity contribution is 5.86. The summed E-state index contributed by atoms with van der Waals surface area (Å²) >= 11 is 0. The number of aromatic nitrogens is 1. The highest BCUT2D eigenvalue weighted by Gasteiger charge is 2.17. The Hall–Kier alpha value is -2.17. The summed E-state index contributed by atoms with van der Waals surface area (Å²) in [6, 6.07) is 4.45. The highest BCUT2D eigenvalue weighted by Crippen LogP contribution is 2.30. The van der Waals surface area contributed by atoms with E-state index in [2.05, 4.69) is 5.16 Å². The lowest BCUT2D eigenvalue weighted by Gasteiger charge is -2.10. The Morgan fingerprint density at radius 3 is 2.58 bits per heavy atom. The molecule has 0 amide bonds. The van der Waals surface area contributed by atoms with Gasteiger partial charge in [0.25, 0.3) is 0 Å². The summed E-state index contributed by atoms with van der Waals surface area (Å²) in [5.74, 6) is -1.06. The van der Waals surface area contributed by atoms with Gasteiger partial charge in [-0.3, -0.25) is 0 Å². The topological polar surface area (TPSA) is 63.3 Å². The van der Waals surface area contributed by atoms with Crippen LogP contribution < -0.4 is 0 Å². The van der Waals surface area contributed by atoms with Gasteiger partial charge in [-0.15, -0.1) is 0 Å². The molecule has 1 aromatic carbocycles. The van der Waals surface area contributed by atoms with Crippen LogP contribution in [0.4, 0.5) is 4.39 Å². The van der Waals surface area contributed by atoms with Gasteiger partial charge in [-0.1, -0.05) is 19.0 Å². The molecule has 1 heterocycles. The molecule has 0 aliphatic carbocycles. The van der Waals surface area contributed by atoms with Crippen LogP contribution in [0.1, 0.15) is 41.4 Å². The molecule has 0 spiro atoms. The maximum absolute atomic E-state index is 13.8. The lowest BCUT2D eigenvalue weighted by atomic mass is 9.96. The van der Waals surface area contributed by atoms with Crippen LogP contribution in [0.3, 0.4) is 0 Å². The van der Waals surface area contributed by atoms with Crippen LogP contribution in [0.15, 0.2) is 22.7 Å². The van der Waals surface area contributed by atoms with E-state index in [1.807, 2.05) is 13.8 Å². The Bertz CT molecular complexity index is 632. The Kier molecular flexibility index (Phi) is 3.38. The van der Waals surface area contributed by atoms with Crippen molar-refractivity contribution in [3.63, 3.8) is 0 Å². The molecule has 4 nitrogen and oxygen atoms in total. The van der Waals surface area contributed by atoms with Gasteiger partial charge in [-0.05, 0) is 36.1 Å². The SMILES string of the molecule is Cc1cc(F)c(C(C)C)cc1-c1cc(C(=O)O)no1. The number of rotatable bonds is 3. The second-order valence-corrected chi connectivity index (χ2v) is 4.72. The quantitative estimate of drug-likeness (QED) is 0.918. The van der Waals surface area contributed by atoms with E-state index in [-0.39, 0.29) is 17.4 Å². The number of aryl methyl sites for hydroxylation is 1. The normalized spacial score (nSPS) is 11.0. The molecule has 1 N–H and O–H groups in total. The van der Waals surface area contributed by atoms with Crippen LogP contribution >= 0.6 is 0 Å². The van der Waals surface area contributed by atoms with Crippen molar-refractivity contribution in [2.24, 2.45) is 0 Å². The van der Waals surface area contributed by atoms with Crippen LogP contribution in [0.5, 0.6) is 0 Å². The molecule has 1 aromatic heterocycles. The molecule has 19 heavy (non-hydrogen) atoms. The lowest BCUT2D eigenvalue weighted by Crippen LogP contribution is -1.96. The van der Waals surface area contributed by atoms with Gasteiger partial charge in [-0.25, -0.2) is 9.18 Å². The smallest absolute Gasteiger partial charge is 0.358 e. The zero-order valence-electron chi connectivity index (χ0n) is 10.9. The molecule has 0 saturated carbocycles.